The van der Waals surface area contributed by atoms with Gasteiger partial charge in [-0.1, -0.05) is 31.2 Å². The van der Waals surface area contributed by atoms with Crippen LogP contribution in [0.15, 0.2) is 29.3 Å². The summed E-state index contributed by atoms with van der Waals surface area (Å²) in [6, 6.07) is 7.27. The molecule has 1 aromatic rings. The van der Waals surface area contributed by atoms with Gasteiger partial charge in [0.2, 0.25) is 0 Å². The van der Waals surface area contributed by atoms with Crippen LogP contribution in [-0.4, -0.2) is 62.6 Å². The first-order valence-electron chi connectivity index (χ1n) is 8.93. The average Bonchev–Trinajstić information content (AvgIpc) is 3.06. The van der Waals surface area contributed by atoms with Gasteiger partial charge in [0.25, 0.3) is 5.91 Å². The normalized spacial score (nSPS) is 25.0. The number of carbonyl (C=O) groups excluding carboxylic acids is 1. The molecule has 1 amide bonds. The van der Waals surface area contributed by atoms with Crippen molar-refractivity contribution in [2.24, 2.45) is 4.99 Å². The number of methoxy groups -OCH3 is 1. The molecule has 148 valence electrons. The van der Waals surface area contributed by atoms with Crippen LogP contribution in [0.5, 0.6) is 5.75 Å². The smallest absolute Gasteiger partial charge is 0.274 e. The molecule has 0 saturated carbocycles. The number of thioether (sulfide) groups is 1. The van der Waals surface area contributed by atoms with E-state index in [0.29, 0.717) is 11.8 Å². The largest absolute Gasteiger partial charge is 0.494 e. The third-order valence-electron chi connectivity index (χ3n) is 4.42. The Bertz CT molecular complexity index is 825. The number of hydrogen-bond donors (Lipinski definition) is 0. The lowest BCUT2D eigenvalue weighted by molar-refractivity contribution is -0.121. The van der Waals surface area contributed by atoms with Gasteiger partial charge >= 0.3 is 0 Å². The van der Waals surface area contributed by atoms with Gasteiger partial charge in [0, 0.05) is 24.1 Å². The highest BCUT2D eigenvalue weighted by molar-refractivity contribution is 8.16. The van der Waals surface area contributed by atoms with Gasteiger partial charge in [-0.25, -0.2) is 8.42 Å². The molecule has 1 aromatic carbocycles. The Kier molecular flexibility index (Phi) is 6.44. The zero-order valence-electron chi connectivity index (χ0n) is 15.5. The van der Waals surface area contributed by atoms with Crippen molar-refractivity contribution >= 4 is 38.4 Å². The van der Waals surface area contributed by atoms with Crippen LogP contribution in [0.2, 0.25) is 0 Å². The summed E-state index contributed by atoms with van der Waals surface area (Å²) in [5.74, 6) is 0.493. The van der Waals surface area contributed by atoms with Crippen molar-refractivity contribution in [1.82, 2.24) is 0 Å². The second kappa shape index (κ2) is 8.62. The van der Waals surface area contributed by atoms with E-state index in [9.17, 15) is 13.2 Å². The van der Waals surface area contributed by atoms with Crippen molar-refractivity contribution in [2.45, 2.75) is 31.1 Å². The van der Waals surface area contributed by atoms with Crippen molar-refractivity contribution in [1.29, 1.82) is 0 Å². The van der Waals surface area contributed by atoms with E-state index in [1.54, 1.807) is 0 Å². The van der Waals surface area contributed by atoms with Crippen LogP contribution in [-0.2, 0) is 19.4 Å². The lowest BCUT2D eigenvalue weighted by atomic mass is 10.2. The molecule has 2 aliphatic rings. The molecule has 0 aliphatic carbocycles. The number of aliphatic imine (C=N–C) groups is 1. The minimum atomic E-state index is -3.09. The minimum Gasteiger partial charge on any atom is -0.494 e. The number of anilines is 1. The number of sulfone groups is 1. The van der Waals surface area contributed by atoms with E-state index in [1.807, 2.05) is 29.2 Å². The van der Waals surface area contributed by atoms with E-state index in [2.05, 4.69) is 11.9 Å². The van der Waals surface area contributed by atoms with Crippen LogP contribution in [0.3, 0.4) is 0 Å². The standard InChI is InChI=1S/C18H24N2O5S2/c1-3-4-8-25-14-7-5-6-13(9-14)20-15-11-27(22,23)12-16(15)26-18(20)19-17(21)10-24-2/h5-7,9,15-16H,3-4,8,10-12H2,1-2H3. The van der Waals surface area contributed by atoms with Gasteiger partial charge in [-0.05, 0) is 18.6 Å². The highest BCUT2D eigenvalue weighted by Gasteiger charge is 2.49. The molecule has 2 unspecified atom stereocenters. The monoisotopic (exact) mass is 412 g/mol. The Hall–Kier alpha value is -1.58. The molecule has 0 radical (unpaired) electrons. The number of amides is 1. The molecule has 2 aliphatic heterocycles. The number of nitrogens with zero attached hydrogens (tertiary/aromatic N) is 2. The predicted molar refractivity (Wildman–Crippen MR) is 107 cm³/mol. The molecule has 2 atom stereocenters. The maximum atomic E-state index is 12.1. The van der Waals surface area contributed by atoms with Gasteiger partial charge in [0.15, 0.2) is 15.0 Å². The fourth-order valence-electron chi connectivity index (χ4n) is 3.19. The first-order valence-corrected chi connectivity index (χ1v) is 11.6. The zero-order valence-corrected chi connectivity index (χ0v) is 17.1. The number of unbranched alkanes of at least 4 members (excludes halogenated alkanes) is 1. The van der Waals surface area contributed by atoms with Crippen LogP contribution in [0, 0.1) is 0 Å². The molecule has 9 heteroatoms. The van der Waals surface area contributed by atoms with Crippen molar-refractivity contribution in [2.75, 3.05) is 36.7 Å². The molecular weight excluding hydrogens is 388 g/mol. The molecule has 0 bridgehead atoms. The number of carbonyl (C=O) groups is 1. The zero-order chi connectivity index (χ0) is 19.4. The Morgan fingerprint density at radius 3 is 2.93 bits per heavy atom. The Morgan fingerprint density at radius 1 is 1.37 bits per heavy atom. The predicted octanol–water partition coefficient (Wildman–Crippen LogP) is 2.11. The number of fused-ring (bicyclic) bond motifs is 1. The second-order valence-corrected chi connectivity index (χ2v) is 9.95. The second-order valence-electron chi connectivity index (χ2n) is 6.59. The average molecular weight is 413 g/mol. The maximum Gasteiger partial charge on any atom is 0.274 e. The molecule has 2 saturated heterocycles. The first kappa shape index (κ1) is 20.2. The molecule has 27 heavy (non-hydrogen) atoms. The fraction of sp³-hybridized carbons (Fsp3) is 0.556. The van der Waals surface area contributed by atoms with E-state index in [4.69, 9.17) is 9.47 Å². The first-order chi connectivity index (χ1) is 12.9. The third-order valence-corrected chi connectivity index (χ3v) is 7.63. The molecular formula is C18H24N2O5S2. The van der Waals surface area contributed by atoms with Gasteiger partial charge in [-0.3, -0.25) is 4.79 Å². The van der Waals surface area contributed by atoms with E-state index >= 15 is 0 Å². The van der Waals surface area contributed by atoms with Crippen molar-refractivity contribution in [3.05, 3.63) is 24.3 Å². The number of rotatable bonds is 7. The Morgan fingerprint density at radius 2 is 2.19 bits per heavy atom. The van der Waals surface area contributed by atoms with Gasteiger partial charge in [0.05, 0.1) is 24.2 Å². The van der Waals surface area contributed by atoms with Crippen molar-refractivity contribution in [3.8, 4) is 5.75 Å². The quantitative estimate of drug-likeness (QED) is 0.634. The van der Waals surface area contributed by atoms with Gasteiger partial charge in [-0.2, -0.15) is 4.99 Å². The molecule has 0 spiro atoms. The maximum absolute atomic E-state index is 12.1. The van der Waals surface area contributed by atoms with Crippen molar-refractivity contribution in [3.63, 3.8) is 0 Å². The van der Waals surface area contributed by atoms with Crippen molar-refractivity contribution < 1.29 is 22.7 Å². The molecule has 2 heterocycles. The molecule has 0 aromatic heterocycles. The summed E-state index contributed by atoms with van der Waals surface area (Å²) in [5.41, 5.74) is 0.782. The Balaban J connectivity index is 1.90. The summed E-state index contributed by atoms with van der Waals surface area (Å²) in [4.78, 5) is 18.0. The number of ether oxygens (including phenoxy) is 2. The summed E-state index contributed by atoms with van der Waals surface area (Å²) in [6.45, 7) is 2.62. The van der Waals surface area contributed by atoms with Crippen LogP contribution in [0.25, 0.3) is 0 Å². The van der Waals surface area contributed by atoms with Gasteiger partial charge in [-0.15, -0.1) is 0 Å². The number of benzene rings is 1. The summed E-state index contributed by atoms with van der Waals surface area (Å²) in [5, 5.41) is 0.390. The Labute approximate surface area is 164 Å². The lowest BCUT2D eigenvalue weighted by Gasteiger charge is -2.25. The van der Waals surface area contributed by atoms with Gasteiger partial charge in [0.1, 0.15) is 12.4 Å². The molecule has 3 rings (SSSR count). The fourth-order valence-corrected chi connectivity index (χ4v) is 7.12. The third kappa shape index (κ3) is 4.83. The topological polar surface area (TPSA) is 85.3 Å². The summed E-state index contributed by atoms with van der Waals surface area (Å²) >= 11 is 1.35. The van der Waals surface area contributed by atoms with E-state index in [1.165, 1.54) is 18.9 Å². The lowest BCUT2D eigenvalue weighted by Crippen LogP contribution is -2.37. The van der Waals surface area contributed by atoms with Crippen LogP contribution < -0.4 is 9.64 Å². The molecule has 7 nitrogen and oxygen atoms in total. The highest BCUT2D eigenvalue weighted by Crippen LogP contribution is 2.41. The summed E-state index contributed by atoms with van der Waals surface area (Å²) < 4.78 is 34.8. The van der Waals surface area contributed by atoms with Crippen LogP contribution in [0.4, 0.5) is 5.69 Å². The van der Waals surface area contributed by atoms with E-state index < -0.39 is 9.84 Å². The SMILES string of the molecule is CCCCOc1cccc(N2C(=NC(=O)COC)SC3CS(=O)(=O)CC32)c1. The van der Waals surface area contributed by atoms with E-state index in [0.717, 1.165) is 24.3 Å². The van der Waals surface area contributed by atoms with Crippen LogP contribution in [0.1, 0.15) is 19.8 Å². The number of hydrogen-bond acceptors (Lipinski definition) is 6. The number of amidine groups is 1. The summed E-state index contributed by atoms with van der Waals surface area (Å²) in [6.07, 6.45) is 2.01. The van der Waals surface area contributed by atoms with E-state index in [-0.39, 0.29) is 35.3 Å². The molecule has 2 fully saturated rings. The van der Waals surface area contributed by atoms with Gasteiger partial charge < -0.3 is 14.4 Å². The minimum absolute atomic E-state index is 0.0586. The van der Waals surface area contributed by atoms with Crippen LogP contribution >= 0.6 is 11.8 Å². The molecule has 0 N–H and O–H groups in total. The summed E-state index contributed by atoms with van der Waals surface area (Å²) in [7, 11) is -1.65. The highest BCUT2D eigenvalue weighted by atomic mass is 32.2.